The number of hydrogen-bond acceptors (Lipinski definition) is 5. The van der Waals surface area contributed by atoms with E-state index in [1.807, 2.05) is 0 Å². The molecule has 0 aromatic carbocycles. The molecule has 1 aliphatic rings. The highest BCUT2D eigenvalue weighted by Gasteiger charge is 2.38. The maximum atomic E-state index is 12.5. The van der Waals surface area contributed by atoms with E-state index in [4.69, 9.17) is 4.74 Å². The maximum absolute atomic E-state index is 12.5. The fourth-order valence-electron chi connectivity index (χ4n) is 1.84. The summed E-state index contributed by atoms with van der Waals surface area (Å²) in [6, 6.07) is 1.66. The van der Waals surface area contributed by atoms with Crippen LogP contribution in [0.4, 0.5) is 0 Å². The molecule has 0 unspecified atom stereocenters. The van der Waals surface area contributed by atoms with Gasteiger partial charge in [-0.2, -0.15) is 4.31 Å². The molecule has 0 spiro atoms. The first-order chi connectivity index (χ1) is 8.61. The third kappa shape index (κ3) is 2.75. The topological polar surface area (TPSA) is 66.8 Å². The Kier molecular flexibility index (Phi) is 4.39. The number of aliphatic hydroxyl groups is 1. The number of hydrogen-bond donors (Lipinski definition) is 1. The molecule has 0 saturated heterocycles. The monoisotopic (exact) mass is 291 g/mol. The highest BCUT2D eigenvalue weighted by Crippen LogP contribution is 2.34. The Bertz CT molecular complexity index is 493. The van der Waals surface area contributed by atoms with Crippen LogP contribution < -0.4 is 0 Å². The smallest absolute Gasteiger partial charge is 0.244 e. The Morgan fingerprint density at radius 2 is 2.28 bits per heavy atom. The van der Waals surface area contributed by atoms with Crippen molar-refractivity contribution >= 4 is 21.4 Å². The van der Waals surface area contributed by atoms with Crippen molar-refractivity contribution in [2.24, 2.45) is 0 Å². The molecule has 2 rings (SSSR count). The lowest BCUT2D eigenvalue weighted by Gasteiger charge is -2.21. The van der Waals surface area contributed by atoms with E-state index < -0.39 is 10.0 Å². The predicted molar refractivity (Wildman–Crippen MR) is 69.0 cm³/mol. The van der Waals surface area contributed by atoms with Gasteiger partial charge in [0.15, 0.2) is 0 Å². The predicted octanol–water partition coefficient (Wildman–Crippen LogP) is 1.04. The molecule has 0 bridgehead atoms. The van der Waals surface area contributed by atoms with Gasteiger partial charge in [-0.3, -0.25) is 0 Å². The molecular weight excluding hydrogens is 274 g/mol. The molecule has 1 aromatic heterocycles. The number of aliphatic hydroxyl groups excluding tert-OH is 1. The SMILES string of the molecule is COCCN(C1CC1)S(=O)(=O)c1ccsc1CO. The zero-order valence-electron chi connectivity index (χ0n) is 10.2. The molecule has 1 aliphatic carbocycles. The average molecular weight is 291 g/mol. The van der Waals surface area contributed by atoms with Gasteiger partial charge in [0.1, 0.15) is 0 Å². The summed E-state index contributed by atoms with van der Waals surface area (Å²) in [7, 11) is -1.95. The van der Waals surface area contributed by atoms with Gasteiger partial charge >= 0.3 is 0 Å². The van der Waals surface area contributed by atoms with E-state index in [9.17, 15) is 13.5 Å². The maximum Gasteiger partial charge on any atom is 0.244 e. The molecule has 7 heteroatoms. The van der Waals surface area contributed by atoms with Crippen LogP contribution in [0, 0.1) is 0 Å². The molecule has 0 atom stereocenters. The fraction of sp³-hybridized carbons (Fsp3) is 0.636. The first-order valence-electron chi connectivity index (χ1n) is 5.79. The average Bonchev–Trinajstić information content (AvgIpc) is 3.05. The van der Waals surface area contributed by atoms with E-state index in [-0.39, 0.29) is 17.5 Å². The Morgan fingerprint density at radius 3 is 2.83 bits per heavy atom. The van der Waals surface area contributed by atoms with Gasteiger partial charge in [0.25, 0.3) is 0 Å². The molecule has 1 N–H and O–H groups in total. The minimum atomic E-state index is -3.51. The molecule has 1 aromatic rings. The lowest BCUT2D eigenvalue weighted by Crippen LogP contribution is -2.36. The Labute approximate surface area is 111 Å². The molecule has 0 aliphatic heterocycles. The zero-order chi connectivity index (χ0) is 13.2. The van der Waals surface area contributed by atoms with Crippen molar-refractivity contribution in [1.82, 2.24) is 4.31 Å². The largest absolute Gasteiger partial charge is 0.391 e. The van der Waals surface area contributed by atoms with E-state index in [0.717, 1.165) is 12.8 Å². The lowest BCUT2D eigenvalue weighted by atomic mass is 10.5. The van der Waals surface area contributed by atoms with Gasteiger partial charge in [-0.25, -0.2) is 8.42 Å². The summed E-state index contributed by atoms with van der Waals surface area (Å²) in [5.74, 6) is 0. The van der Waals surface area contributed by atoms with Gasteiger partial charge in [-0.05, 0) is 24.3 Å². The van der Waals surface area contributed by atoms with Crippen molar-refractivity contribution in [2.45, 2.75) is 30.4 Å². The van der Waals surface area contributed by atoms with Crippen LogP contribution in [0.15, 0.2) is 16.3 Å². The molecular formula is C11H17NO4S2. The summed E-state index contributed by atoms with van der Waals surface area (Å²) in [5.41, 5.74) is 0. The van der Waals surface area contributed by atoms with Crippen LogP contribution in [-0.4, -0.2) is 44.1 Å². The Morgan fingerprint density at radius 1 is 1.56 bits per heavy atom. The summed E-state index contributed by atoms with van der Waals surface area (Å²) in [6.45, 7) is 0.507. The molecule has 18 heavy (non-hydrogen) atoms. The molecule has 5 nitrogen and oxygen atoms in total. The zero-order valence-corrected chi connectivity index (χ0v) is 11.8. The van der Waals surface area contributed by atoms with Gasteiger partial charge < -0.3 is 9.84 Å². The summed E-state index contributed by atoms with van der Waals surface area (Å²) in [6.07, 6.45) is 1.81. The van der Waals surface area contributed by atoms with Crippen molar-refractivity contribution < 1.29 is 18.3 Å². The third-order valence-corrected chi connectivity index (χ3v) is 5.98. The van der Waals surface area contributed by atoms with Crippen LogP contribution in [-0.2, 0) is 21.4 Å². The van der Waals surface area contributed by atoms with Gasteiger partial charge in [0.2, 0.25) is 10.0 Å². The van der Waals surface area contributed by atoms with Gasteiger partial charge in [0, 0.05) is 24.6 Å². The van der Waals surface area contributed by atoms with Crippen LogP contribution >= 0.6 is 11.3 Å². The third-order valence-electron chi connectivity index (χ3n) is 2.90. The first-order valence-corrected chi connectivity index (χ1v) is 8.11. The Balaban J connectivity index is 2.27. The van der Waals surface area contributed by atoms with Crippen LogP contribution in [0.3, 0.4) is 0 Å². The highest BCUT2D eigenvalue weighted by atomic mass is 32.2. The standard InChI is InChI=1S/C11H17NO4S2/c1-16-6-5-12(9-2-3-9)18(14,15)11-4-7-17-10(11)8-13/h4,7,9,13H,2-3,5-6,8H2,1H3. The van der Waals surface area contributed by atoms with Gasteiger partial charge in [-0.1, -0.05) is 0 Å². The second-order valence-corrected chi connectivity index (χ2v) is 7.07. The summed E-state index contributed by atoms with van der Waals surface area (Å²) >= 11 is 1.26. The molecule has 1 fully saturated rings. The second-order valence-electron chi connectivity index (χ2n) is 4.21. The summed E-state index contributed by atoms with van der Waals surface area (Å²) in [5, 5.41) is 10.9. The van der Waals surface area contributed by atoms with E-state index >= 15 is 0 Å². The van der Waals surface area contributed by atoms with E-state index in [2.05, 4.69) is 0 Å². The normalized spacial score (nSPS) is 16.4. The fourth-order valence-corrected chi connectivity index (χ4v) is 4.78. The Hall–Kier alpha value is -0.470. The van der Waals surface area contributed by atoms with Crippen molar-refractivity contribution in [1.29, 1.82) is 0 Å². The van der Waals surface area contributed by atoms with Crippen molar-refractivity contribution in [3.8, 4) is 0 Å². The second kappa shape index (κ2) is 5.66. The minimum Gasteiger partial charge on any atom is -0.391 e. The molecule has 102 valence electrons. The number of methoxy groups -OCH3 is 1. The van der Waals surface area contributed by atoms with Gasteiger partial charge in [-0.15, -0.1) is 11.3 Å². The van der Waals surface area contributed by atoms with Crippen LogP contribution in [0.1, 0.15) is 17.7 Å². The summed E-state index contributed by atoms with van der Waals surface area (Å²) in [4.78, 5) is 0.732. The van der Waals surface area contributed by atoms with Crippen LogP contribution in [0.5, 0.6) is 0 Å². The number of sulfonamides is 1. The minimum absolute atomic E-state index is 0.0941. The van der Waals surface area contributed by atoms with Gasteiger partial charge in [0.05, 0.1) is 18.1 Å². The molecule has 1 heterocycles. The van der Waals surface area contributed by atoms with Crippen molar-refractivity contribution in [3.05, 3.63) is 16.3 Å². The van der Waals surface area contributed by atoms with Crippen molar-refractivity contribution in [3.63, 3.8) is 0 Å². The molecule has 0 amide bonds. The van der Waals surface area contributed by atoms with Crippen LogP contribution in [0.25, 0.3) is 0 Å². The lowest BCUT2D eigenvalue weighted by molar-refractivity contribution is 0.177. The number of rotatable bonds is 7. The van der Waals surface area contributed by atoms with Crippen molar-refractivity contribution in [2.75, 3.05) is 20.3 Å². The number of nitrogens with zero attached hydrogens (tertiary/aromatic N) is 1. The van der Waals surface area contributed by atoms with E-state index in [1.54, 1.807) is 18.6 Å². The quantitative estimate of drug-likeness (QED) is 0.815. The first kappa shape index (κ1) is 14.0. The number of ether oxygens (including phenoxy) is 1. The number of thiophene rings is 1. The molecule has 1 saturated carbocycles. The summed E-state index contributed by atoms with van der Waals surface area (Å²) < 4.78 is 31.5. The molecule has 0 radical (unpaired) electrons. The highest BCUT2D eigenvalue weighted by molar-refractivity contribution is 7.89. The van der Waals surface area contributed by atoms with E-state index in [0.29, 0.717) is 18.0 Å². The van der Waals surface area contributed by atoms with Crippen LogP contribution in [0.2, 0.25) is 0 Å². The van der Waals surface area contributed by atoms with E-state index in [1.165, 1.54) is 15.6 Å².